The van der Waals surface area contributed by atoms with Gasteiger partial charge in [0, 0.05) is 18.6 Å². The van der Waals surface area contributed by atoms with E-state index in [1.807, 2.05) is 0 Å². The zero-order chi connectivity index (χ0) is 20.4. The van der Waals surface area contributed by atoms with Crippen LogP contribution in [0.1, 0.15) is 6.42 Å². The molecule has 3 N–H and O–H groups in total. The zero-order valence-corrected chi connectivity index (χ0v) is 14.9. The number of nitrogens with zero attached hydrogens (tertiary/aromatic N) is 2. The molecule has 10 nitrogen and oxygen atoms in total. The minimum absolute atomic E-state index is 0.0248. The number of anilines is 2. The quantitative estimate of drug-likeness (QED) is 0.392. The van der Waals surface area contributed by atoms with E-state index in [0.717, 1.165) is 23.1 Å². The molecule has 0 saturated carbocycles. The van der Waals surface area contributed by atoms with Gasteiger partial charge in [-0.3, -0.25) is 24.5 Å². The first-order chi connectivity index (χ1) is 13.3. The van der Waals surface area contributed by atoms with Gasteiger partial charge in [0.05, 0.1) is 16.3 Å². The van der Waals surface area contributed by atoms with Gasteiger partial charge in [-0.25, -0.2) is 4.90 Å². The maximum atomic E-state index is 12.5. The first-order valence-electron chi connectivity index (χ1n) is 7.87. The first kappa shape index (κ1) is 19.2. The molecule has 0 aliphatic carbocycles. The minimum atomic E-state index is -0.984. The van der Waals surface area contributed by atoms with Gasteiger partial charge in [0.1, 0.15) is 16.7 Å². The van der Waals surface area contributed by atoms with Crippen LogP contribution in [0.25, 0.3) is 0 Å². The number of rotatable bonds is 5. The van der Waals surface area contributed by atoms with Crippen LogP contribution in [0.3, 0.4) is 0 Å². The molecule has 28 heavy (non-hydrogen) atoms. The minimum Gasteiger partial charge on any atom is -0.508 e. The largest absolute Gasteiger partial charge is 0.508 e. The highest BCUT2D eigenvalue weighted by atomic mass is 32.2. The van der Waals surface area contributed by atoms with Gasteiger partial charge in [-0.15, -0.1) is 0 Å². The molecule has 0 aromatic heterocycles. The predicted molar refractivity (Wildman–Crippen MR) is 100 cm³/mol. The summed E-state index contributed by atoms with van der Waals surface area (Å²) in [5.74, 6) is -1.68. The fraction of sp³-hybridized carbons (Fsp3) is 0.118. The smallest absolute Gasteiger partial charge is 0.293 e. The van der Waals surface area contributed by atoms with Crippen molar-refractivity contribution >= 4 is 45.9 Å². The number of nitrogens with one attached hydrogen (secondary N) is 1. The number of nitro groups is 1. The Morgan fingerprint density at radius 3 is 2.50 bits per heavy atom. The highest BCUT2D eigenvalue weighted by molar-refractivity contribution is 8.15. The average Bonchev–Trinajstić information content (AvgIpc) is 2.91. The van der Waals surface area contributed by atoms with Crippen LogP contribution in [0, 0.1) is 10.1 Å². The fourth-order valence-electron chi connectivity index (χ4n) is 2.53. The van der Waals surface area contributed by atoms with Crippen LogP contribution in [0.4, 0.5) is 21.9 Å². The number of non-ortho nitro benzene ring substituents is 1. The van der Waals surface area contributed by atoms with Gasteiger partial charge >= 0.3 is 0 Å². The van der Waals surface area contributed by atoms with Gasteiger partial charge in [0.2, 0.25) is 11.8 Å². The van der Waals surface area contributed by atoms with E-state index in [1.54, 1.807) is 0 Å². The van der Waals surface area contributed by atoms with Crippen LogP contribution in [-0.4, -0.2) is 37.4 Å². The van der Waals surface area contributed by atoms with Gasteiger partial charge in [-0.1, -0.05) is 0 Å². The molecular weight excluding hydrogens is 390 g/mol. The number of benzene rings is 2. The fourth-order valence-corrected chi connectivity index (χ4v) is 3.51. The summed E-state index contributed by atoms with van der Waals surface area (Å²) in [5, 5.41) is 30.6. The number of carbonyl (C=O) groups is 3. The molecule has 11 heteroatoms. The predicted octanol–water partition coefficient (Wildman–Crippen LogP) is 2.60. The van der Waals surface area contributed by atoms with Crippen LogP contribution in [0.5, 0.6) is 11.5 Å². The molecule has 1 aliphatic rings. The van der Waals surface area contributed by atoms with Gasteiger partial charge in [0.15, 0.2) is 0 Å². The third-order valence-electron chi connectivity index (χ3n) is 3.87. The Labute approximate surface area is 161 Å². The van der Waals surface area contributed by atoms with Crippen molar-refractivity contribution in [3.63, 3.8) is 0 Å². The molecular formula is C17H13N3O7S. The van der Waals surface area contributed by atoms with Crippen LogP contribution < -0.4 is 10.2 Å². The Morgan fingerprint density at radius 2 is 1.86 bits per heavy atom. The van der Waals surface area contributed by atoms with Gasteiger partial charge < -0.3 is 15.5 Å². The Bertz CT molecular complexity index is 977. The monoisotopic (exact) mass is 403 g/mol. The number of carbonyl (C=O) groups excluding carboxylic acids is 3. The summed E-state index contributed by atoms with van der Waals surface area (Å²) < 4.78 is 0. The average molecular weight is 403 g/mol. The summed E-state index contributed by atoms with van der Waals surface area (Å²) in [6.07, 6.45) is -0.369. The normalized spacial score (nSPS) is 16.3. The number of thioether (sulfide) groups is 1. The molecule has 1 saturated heterocycles. The van der Waals surface area contributed by atoms with Crippen molar-refractivity contribution in [1.29, 1.82) is 0 Å². The van der Waals surface area contributed by atoms with Crippen molar-refractivity contribution in [2.24, 2.45) is 0 Å². The number of aromatic hydroxyl groups is 2. The Hall–Kier alpha value is -3.60. The molecule has 144 valence electrons. The van der Waals surface area contributed by atoms with E-state index in [1.165, 1.54) is 24.3 Å². The molecule has 3 amide bonds. The van der Waals surface area contributed by atoms with E-state index in [9.17, 15) is 34.7 Å². The summed E-state index contributed by atoms with van der Waals surface area (Å²) in [4.78, 5) is 47.9. The number of phenolic OH excluding ortho intramolecular Hbond substituents is 2. The van der Waals surface area contributed by atoms with Gasteiger partial charge in [0.25, 0.3) is 10.9 Å². The lowest BCUT2D eigenvalue weighted by molar-refractivity contribution is -0.384. The molecule has 1 fully saturated rings. The van der Waals surface area contributed by atoms with Crippen molar-refractivity contribution in [2.45, 2.75) is 11.7 Å². The molecule has 0 spiro atoms. The second-order valence-corrected chi connectivity index (χ2v) is 6.93. The molecule has 1 unspecified atom stereocenters. The summed E-state index contributed by atoms with van der Waals surface area (Å²) >= 11 is 0.675. The van der Waals surface area contributed by atoms with Crippen LogP contribution in [-0.2, 0) is 9.59 Å². The third kappa shape index (κ3) is 3.88. The first-order valence-corrected chi connectivity index (χ1v) is 8.75. The molecule has 0 bridgehead atoms. The van der Waals surface area contributed by atoms with Crippen LogP contribution >= 0.6 is 11.8 Å². The van der Waals surface area contributed by atoms with E-state index < -0.39 is 27.2 Å². The lowest BCUT2D eigenvalue weighted by Gasteiger charge is -2.14. The zero-order valence-electron chi connectivity index (χ0n) is 14.1. The lowest BCUT2D eigenvalue weighted by Crippen LogP contribution is -2.32. The highest BCUT2D eigenvalue weighted by Crippen LogP contribution is 2.34. The van der Waals surface area contributed by atoms with Crippen molar-refractivity contribution < 1.29 is 29.5 Å². The standard InChI is InChI=1S/C17H13N3O7S/c21-11-4-1-9(2-5-11)19-16(24)14(28-17(19)25)8-15(23)18-12-7-10(20(26)27)3-6-13(12)22/h1-7,14,21-22H,8H2,(H,18,23). The summed E-state index contributed by atoms with van der Waals surface area (Å²) in [6, 6.07) is 8.58. The number of hydrogen-bond donors (Lipinski definition) is 3. The molecule has 1 atom stereocenters. The molecule has 0 radical (unpaired) electrons. The third-order valence-corrected chi connectivity index (χ3v) is 4.90. The SMILES string of the molecule is O=C(CC1SC(=O)N(c2ccc(O)cc2)C1=O)Nc1cc([N+](=O)[O-])ccc1O. The van der Waals surface area contributed by atoms with Crippen molar-refractivity contribution in [1.82, 2.24) is 0 Å². The van der Waals surface area contributed by atoms with Crippen molar-refractivity contribution in [3.05, 3.63) is 52.6 Å². The second kappa shape index (κ2) is 7.56. The molecule has 3 rings (SSSR count). The van der Waals surface area contributed by atoms with E-state index in [4.69, 9.17) is 0 Å². The number of imide groups is 1. The maximum absolute atomic E-state index is 12.5. The molecule has 1 aliphatic heterocycles. The maximum Gasteiger partial charge on any atom is 0.293 e. The van der Waals surface area contributed by atoms with E-state index in [0.29, 0.717) is 11.8 Å². The van der Waals surface area contributed by atoms with E-state index >= 15 is 0 Å². The second-order valence-electron chi connectivity index (χ2n) is 5.77. The highest BCUT2D eigenvalue weighted by Gasteiger charge is 2.41. The van der Waals surface area contributed by atoms with E-state index in [-0.39, 0.29) is 35.0 Å². The lowest BCUT2D eigenvalue weighted by atomic mass is 10.2. The van der Waals surface area contributed by atoms with Crippen molar-refractivity contribution in [2.75, 3.05) is 10.2 Å². The molecule has 2 aromatic carbocycles. The summed E-state index contributed by atoms with van der Waals surface area (Å²) in [5.41, 5.74) is -0.232. The summed E-state index contributed by atoms with van der Waals surface area (Å²) in [6.45, 7) is 0. The topological polar surface area (TPSA) is 150 Å². The Kier molecular flexibility index (Phi) is 5.18. The number of nitro benzene ring substituents is 1. The van der Waals surface area contributed by atoms with E-state index in [2.05, 4.69) is 5.32 Å². The van der Waals surface area contributed by atoms with Gasteiger partial charge in [-0.05, 0) is 42.1 Å². The number of amides is 3. The molecule has 1 heterocycles. The Balaban J connectivity index is 1.70. The molecule has 2 aromatic rings. The number of hydrogen-bond acceptors (Lipinski definition) is 8. The summed E-state index contributed by atoms with van der Waals surface area (Å²) in [7, 11) is 0. The van der Waals surface area contributed by atoms with Crippen molar-refractivity contribution in [3.8, 4) is 11.5 Å². The van der Waals surface area contributed by atoms with Crippen LogP contribution in [0.15, 0.2) is 42.5 Å². The van der Waals surface area contributed by atoms with Crippen LogP contribution in [0.2, 0.25) is 0 Å². The number of phenols is 2. The Morgan fingerprint density at radius 1 is 1.18 bits per heavy atom. The van der Waals surface area contributed by atoms with Gasteiger partial charge in [-0.2, -0.15) is 0 Å².